The molecule has 7 heterocycles. The summed E-state index contributed by atoms with van der Waals surface area (Å²) in [6, 6.07) is 0. The van der Waals surface area contributed by atoms with Crippen LogP contribution in [0.25, 0.3) is 0 Å². The zero-order valence-electron chi connectivity index (χ0n) is 65.1. The van der Waals surface area contributed by atoms with Crippen molar-refractivity contribution in [3.63, 3.8) is 0 Å². The predicted octanol–water partition coefficient (Wildman–Crippen LogP) is -4.93. The van der Waals surface area contributed by atoms with E-state index in [1.54, 1.807) is 0 Å². The van der Waals surface area contributed by atoms with Crippen LogP contribution in [0.15, 0.2) is 11.6 Å². The van der Waals surface area contributed by atoms with Gasteiger partial charge in [-0.15, -0.1) is 0 Å². The summed E-state index contributed by atoms with van der Waals surface area (Å²) < 4.78 is 102. The van der Waals surface area contributed by atoms with Crippen LogP contribution in [0.3, 0.4) is 0 Å². The van der Waals surface area contributed by atoms with E-state index < -0.39 is 293 Å². The number of ether oxygens (including phenoxy) is 17. The van der Waals surface area contributed by atoms with Gasteiger partial charge in [0.15, 0.2) is 43.8 Å². The maximum atomic E-state index is 15.1. The van der Waals surface area contributed by atoms with Crippen LogP contribution in [0.1, 0.15) is 133 Å². The van der Waals surface area contributed by atoms with E-state index in [4.69, 9.17) is 80.5 Å². The molecule has 0 aromatic rings. The number of esters is 4. The minimum atomic E-state index is -2.15. The van der Waals surface area contributed by atoms with Crippen molar-refractivity contribution in [3.8, 4) is 0 Å². The predicted molar refractivity (Wildman–Crippen MR) is 371 cm³/mol. The van der Waals surface area contributed by atoms with E-state index in [0.717, 1.165) is 19.4 Å². The SMILES string of the molecule is CC(=O)OCC1OC(OCC2OC(OC3CCC4(C)C(CCC5(C)C4CC=C4C6CC(C)(C)CCC6(C(=O)OC6OC(CO)C(O)C(O)C6O)CCC45C)C3(C)COC(C)=O)C(OC3OCC(OC4OCC(O)C(O)C4O)C(O)C3OC3OC(C)C(OC4OCC(O)C(OC(C)=O)C4O)C(O)C3O)C(O)C2O)C(O)C(O)C1O. The van der Waals surface area contributed by atoms with Crippen LogP contribution in [0.2, 0.25) is 0 Å². The van der Waals surface area contributed by atoms with Gasteiger partial charge in [0.2, 0.25) is 6.29 Å². The number of fused-ring (bicyclic) bond motifs is 7. The summed E-state index contributed by atoms with van der Waals surface area (Å²) in [5.74, 6) is -3.62. The highest BCUT2D eigenvalue weighted by molar-refractivity contribution is 5.79. The fraction of sp³-hybridized carbons (Fsp3) is 0.920. The lowest BCUT2D eigenvalue weighted by Crippen LogP contribution is -2.68. The van der Waals surface area contributed by atoms with E-state index in [0.29, 0.717) is 57.8 Å². The van der Waals surface area contributed by atoms with Crippen molar-refractivity contribution < 1.29 is 187 Å². The Labute approximate surface area is 652 Å². The first kappa shape index (κ1) is 88.7. The molecule has 0 aromatic carbocycles. The lowest BCUT2D eigenvalue weighted by Gasteiger charge is -2.71. The van der Waals surface area contributed by atoms with Gasteiger partial charge >= 0.3 is 23.9 Å². The maximum absolute atomic E-state index is 15.1. The Hall–Kier alpha value is -3.58. The van der Waals surface area contributed by atoms with Crippen molar-refractivity contribution >= 4 is 23.9 Å². The molecule has 38 heteroatoms. The highest BCUT2D eigenvalue weighted by Crippen LogP contribution is 2.76. The first-order valence-electron chi connectivity index (χ1n) is 39.3. The lowest BCUT2D eigenvalue weighted by molar-refractivity contribution is -0.401. The second kappa shape index (κ2) is 34.5. The van der Waals surface area contributed by atoms with Gasteiger partial charge in [0, 0.05) is 26.2 Å². The number of rotatable bonds is 21. The number of carbonyl (C=O) groups is 4. The van der Waals surface area contributed by atoms with E-state index in [1.807, 2.05) is 6.92 Å². The molecular weight excluding hydrogens is 1510 g/mol. The van der Waals surface area contributed by atoms with Crippen LogP contribution < -0.4 is 0 Å². The highest BCUT2D eigenvalue weighted by atomic mass is 16.8. The van der Waals surface area contributed by atoms with Crippen molar-refractivity contribution in [2.24, 2.45) is 50.2 Å². The Morgan fingerprint density at radius 3 is 1.69 bits per heavy atom. The summed E-state index contributed by atoms with van der Waals surface area (Å²) in [4.78, 5) is 52.1. The van der Waals surface area contributed by atoms with E-state index in [2.05, 4.69) is 40.7 Å². The standard InChI is InChI=1S/C75H118O38/c1-29-58(110-64-57(95)59(104-32(4)79)36(81)24-99-64)52(90)56(94)65(103-29)111-60-48(86)40(107-62-53(91)44(82)35(80)23-98-62)27-101-67(60)112-61-51(89)47(85)39(26-100-63-54(92)50(88)46(84)38(106-63)25-97-30(2)77)108-68(61)109-43-14-15-71(7)41(72(43,8)28-102-31(3)78)13-16-74(10)42(71)12-11-33-34-21-70(5,6)17-19-75(34,20-18-73(33,74)9)69(96)113-66-55(93)49(87)45(83)37(22-76)105-66/h11,29,34-68,76,80-95H,12-28H2,1-10H3. The third-order valence-corrected chi connectivity index (χ3v) is 27.5. The molecule has 646 valence electrons. The minimum Gasteiger partial charge on any atom is -0.465 e. The molecule has 7 saturated heterocycles. The molecule has 7 aliphatic heterocycles. The van der Waals surface area contributed by atoms with Gasteiger partial charge in [-0.3, -0.25) is 19.2 Å². The number of hydrogen-bond donors (Lipinski definition) is 17. The number of carbonyl (C=O) groups excluding carboxylic acids is 4. The molecular formula is C75H118O38. The van der Waals surface area contributed by atoms with Crippen molar-refractivity contribution in [2.45, 2.75) is 336 Å². The monoisotopic (exact) mass is 1630 g/mol. The summed E-state index contributed by atoms with van der Waals surface area (Å²) in [7, 11) is 0. The molecule has 0 bridgehead atoms. The van der Waals surface area contributed by atoms with E-state index >= 15 is 4.79 Å². The van der Waals surface area contributed by atoms with Crippen molar-refractivity contribution in [3.05, 3.63) is 11.6 Å². The van der Waals surface area contributed by atoms with Gasteiger partial charge in [-0.2, -0.15) is 0 Å². The molecule has 12 aliphatic rings. The van der Waals surface area contributed by atoms with Crippen LogP contribution in [0.4, 0.5) is 0 Å². The zero-order chi connectivity index (χ0) is 82.4. The minimum absolute atomic E-state index is 0.0787. The maximum Gasteiger partial charge on any atom is 0.315 e. The Bertz CT molecular complexity index is 3320. The third kappa shape index (κ3) is 16.8. The summed E-state index contributed by atoms with van der Waals surface area (Å²) in [5, 5.41) is 190. The lowest BCUT2D eigenvalue weighted by atomic mass is 9.33. The van der Waals surface area contributed by atoms with Crippen LogP contribution in [0.5, 0.6) is 0 Å². The van der Waals surface area contributed by atoms with Crippen LogP contribution in [-0.4, -0.2) is 360 Å². The second-order valence-corrected chi connectivity index (χ2v) is 35.0. The Kier molecular flexibility index (Phi) is 27.1. The normalized spacial score (nSPS) is 51.2. The fourth-order valence-corrected chi connectivity index (χ4v) is 20.7. The second-order valence-electron chi connectivity index (χ2n) is 35.0. The molecule has 0 spiro atoms. The highest BCUT2D eigenvalue weighted by Gasteiger charge is 2.71. The van der Waals surface area contributed by atoms with Gasteiger partial charge in [-0.1, -0.05) is 53.2 Å². The zero-order valence-corrected chi connectivity index (χ0v) is 65.1. The van der Waals surface area contributed by atoms with E-state index in [-0.39, 0.29) is 36.2 Å². The molecule has 38 nitrogen and oxygen atoms in total. The molecule has 11 fully saturated rings. The first-order valence-corrected chi connectivity index (χ1v) is 39.3. The van der Waals surface area contributed by atoms with Crippen molar-refractivity contribution in [1.29, 1.82) is 0 Å². The van der Waals surface area contributed by atoms with Gasteiger partial charge in [-0.05, 0) is 111 Å². The van der Waals surface area contributed by atoms with Crippen LogP contribution in [0, 0.1) is 50.2 Å². The molecule has 4 saturated carbocycles. The number of aliphatic hydroxyl groups excluding tert-OH is 17. The van der Waals surface area contributed by atoms with Crippen molar-refractivity contribution in [2.75, 3.05) is 46.2 Å². The van der Waals surface area contributed by atoms with Gasteiger partial charge in [0.1, 0.15) is 147 Å². The molecule has 41 atom stereocenters. The Balaban J connectivity index is 0.853. The molecule has 12 rings (SSSR count). The molecule has 0 amide bonds. The quantitative estimate of drug-likeness (QED) is 0.0222. The van der Waals surface area contributed by atoms with Gasteiger partial charge in [-0.25, -0.2) is 0 Å². The fourth-order valence-electron chi connectivity index (χ4n) is 20.7. The van der Waals surface area contributed by atoms with Crippen LogP contribution >= 0.6 is 0 Å². The van der Waals surface area contributed by atoms with Gasteiger partial charge < -0.3 is 167 Å². The van der Waals surface area contributed by atoms with Crippen LogP contribution in [-0.2, 0) is 99.7 Å². The average molecular weight is 1630 g/mol. The molecule has 113 heavy (non-hydrogen) atoms. The Morgan fingerprint density at radius 1 is 0.460 bits per heavy atom. The van der Waals surface area contributed by atoms with E-state index in [1.165, 1.54) is 13.8 Å². The topological polar surface area (TPSA) is 569 Å². The summed E-state index contributed by atoms with van der Waals surface area (Å²) in [6.45, 7) is 13.7. The molecule has 41 unspecified atom stereocenters. The summed E-state index contributed by atoms with van der Waals surface area (Å²) in [5.41, 5.74) is -2.94. The molecule has 5 aliphatic carbocycles. The molecule has 17 N–H and O–H groups in total. The first-order chi connectivity index (χ1) is 53.0. The molecule has 0 aromatic heterocycles. The third-order valence-electron chi connectivity index (χ3n) is 27.5. The largest absolute Gasteiger partial charge is 0.465 e. The number of allylic oxidation sites excluding steroid dienone is 2. The summed E-state index contributed by atoms with van der Waals surface area (Å²) in [6.07, 6.45) is -51.0. The number of hydrogen-bond acceptors (Lipinski definition) is 38. The Morgan fingerprint density at radius 2 is 1.02 bits per heavy atom. The van der Waals surface area contributed by atoms with Crippen molar-refractivity contribution in [1.82, 2.24) is 0 Å². The summed E-state index contributed by atoms with van der Waals surface area (Å²) >= 11 is 0. The smallest absolute Gasteiger partial charge is 0.315 e. The van der Waals surface area contributed by atoms with E-state index in [9.17, 15) is 101 Å². The average Bonchev–Trinajstić information content (AvgIpc) is 0.673. The van der Waals surface area contributed by atoms with Gasteiger partial charge in [0.05, 0.1) is 57.3 Å². The molecule has 0 radical (unpaired) electrons. The number of aliphatic hydroxyl groups is 17. The van der Waals surface area contributed by atoms with Gasteiger partial charge in [0.25, 0.3) is 0 Å².